The van der Waals surface area contributed by atoms with Gasteiger partial charge < -0.3 is 19.7 Å². The van der Waals surface area contributed by atoms with Gasteiger partial charge in [-0.15, -0.1) is 0 Å². The van der Waals surface area contributed by atoms with Gasteiger partial charge in [0.1, 0.15) is 6.54 Å². The van der Waals surface area contributed by atoms with E-state index in [9.17, 15) is 14.7 Å². The van der Waals surface area contributed by atoms with Crippen molar-refractivity contribution in [2.24, 2.45) is 0 Å². The predicted molar refractivity (Wildman–Crippen MR) is 73.7 cm³/mol. The summed E-state index contributed by atoms with van der Waals surface area (Å²) in [5.74, 6) is -1.44. The molecule has 2 heterocycles. The molecule has 1 amide bonds. The molecule has 0 bridgehead atoms. The van der Waals surface area contributed by atoms with Crippen molar-refractivity contribution in [2.45, 2.75) is 18.5 Å². The first-order valence-corrected chi connectivity index (χ1v) is 6.63. The molecule has 1 aliphatic heterocycles. The molecule has 0 aliphatic carbocycles. The van der Waals surface area contributed by atoms with Gasteiger partial charge in [0.25, 0.3) is 0 Å². The van der Waals surface area contributed by atoms with E-state index < -0.39 is 11.5 Å². The van der Waals surface area contributed by atoms with E-state index in [0.717, 1.165) is 11.0 Å². The van der Waals surface area contributed by atoms with E-state index >= 15 is 0 Å². The van der Waals surface area contributed by atoms with Crippen LogP contribution in [-0.2, 0) is 20.9 Å². The fourth-order valence-corrected chi connectivity index (χ4v) is 2.48. The second kappa shape index (κ2) is 5.17. The molecule has 0 saturated carbocycles. The lowest BCUT2D eigenvalue weighted by Gasteiger charge is -2.23. The number of nitrogens with zero attached hydrogens (tertiary/aromatic N) is 2. The molecule has 1 aromatic heterocycles. The van der Waals surface area contributed by atoms with Crippen LogP contribution in [0.25, 0.3) is 11.0 Å². The van der Waals surface area contributed by atoms with Crippen LogP contribution in [0.3, 0.4) is 0 Å². The Morgan fingerprint density at radius 3 is 2.95 bits per heavy atom. The normalized spacial score (nSPS) is 21.5. The molecule has 110 valence electrons. The van der Waals surface area contributed by atoms with Crippen LogP contribution in [0.15, 0.2) is 30.6 Å². The molecule has 1 unspecified atom stereocenters. The summed E-state index contributed by atoms with van der Waals surface area (Å²) in [5, 5.41) is 11.9. The van der Waals surface area contributed by atoms with E-state index in [1.54, 1.807) is 10.9 Å². The zero-order valence-electron chi connectivity index (χ0n) is 11.3. The van der Waals surface area contributed by atoms with E-state index in [0.29, 0.717) is 6.61 Å². The number of amides is 1. The highest BCUT2D eigenvalue weighted by atomic mass is 16.5. The monoisotopic (exact) mass is 289 g/mol. The minimum absolute atomic E-state index is 0.00124. The number of carbonyl (C=O) groups is 2. The second-order valence-corrected chi connectivity index (χ2v) is 5.10. The number of ether oxygens (including phenoxy) is 1. The zero-order valence-corrected chi connectivity index (χ0v) is 11.3. The number of fused-ring (bicyclic) bond motifs is 1. The van der Waals surface area contributed by atoms with Crippen molar-refractivity contribution in [3.8, 4) is 0 Å². The molecule has 7 heteroatoms. The largest absolute Gasteiger partial charge is 0.479 e. The quantitative estimate of drug-likeness (QED) is 0.849. The van der Waals surface area contributed by atoms with Crippen LogP contribution < -0.4 is 5.32 Å². The SMILES string of the molecule is O=C(Cn1cnc2ccccc21)NC1(C(=O)O)CCOC1. The molecule has 0 spiro atoms. The number of aliphatic carboxylic acids is 1. The maximum absolute atomic E-state index is 12.1. The summed E-state index contributed by atoms with van der Waals surface area (Å²) in [5.41, 5.74) is 0.315. The van der Waals surface area contributed by atoms with Crippen LogP contribution >= 0.6 is 0 Å². The summed E-state index contributed by atoms with van der Waals surface area (Å²) in [7, 11) is 0. The number of hydrogen-bond donors (Lipinski definition) is 2. The van der Waals surface area contributed by atoms with E-state index in [1.165, 1.54) is 0 Å². The van der Waals surface area contributed by atoms with Crippen LogP contribution in [0, 0.1) is 0 Å². The van der Waals surface area contributed by atoms with Gasteiger partial charge in [0, 0.05) is 13.0 Å². The van der Waals surface area contributed by atoms with Crippen molar-refractivity contribution in [1.29, 1.82) is 0 Å². The number of carboxylic acid groups (broad SMARTS) is 1. The lowest BCUT2D eigenvalue weighted by atomic mass is 9.99. The molecular formula is C14H15N3O4. The third-order valence-corrected chi connectivity index (χ3v) is 3.65. The average molecular weight is 289 g/mol. The molecule has 21 heavy (non-hydrogen) atoms. The van der Waals surface area contributed by atoms with E-state index in [-0.39, 0.29) is 25.5 Å². The summed E-state index contributed by atoms with van der Waals surface area (Å²) in [6, 6.07) is 7.45. The van der Waals surface area contributed by atoms with Gasteiger partial charge in [0.05, 0.1) is 24.0 Å². The van der Waals surface area contributed by atoms with E-state index in [4.69, 9.17) is 4.74 Å². The van der Waals surface area contributed by atoms with Crippen molar-refractivity contribution in [2.75, 3.05) is 13.2 Å². The number of carbonyl (C=O) groups excluding carboxylic acids is 1. The van der Waals surface area contributed by atoms with Crippen LogP contribution in [-0.4, -0.2) is 45.3 Å². The van der Waals surface area contributed by atoms with Gasteiger partial charge in [-0.2, -0.15) is 0 Å². The van der Waals surface area contributed by atoms with Gasteiger partial charge in [-0.1, -0.05) is 12.1 Å². The van der Waals surface area contributed by atoms with Crippen molar-refractivity contribution < 1.29 is 19.4 Å². The number of rotatable bonds is 4. The zero-order chi connectivity index (χ0) is 14.9. The van der Waals surface area contributed by atoms with Gasteiger partial charge in [0.15, 0.2) is 5.54 Å². The molecule has 2 aromatic rings. The van der Waals surface area contributed by atoms with Crippen molar-refractivity contribution in [3.05, 3.63) is 30.6 Å². The number of carboxylic acids is 1. The van der Waals surface area contributed by atoms with Gasteiger partial charge in [0.2, 0.25) is 5.91 Å². The Kier molecular flexibility index (Phi) is 3.34. The van der Waals surface area contributed by atoms with Crippen molar-refractivity contribution in [3.63, 3.8) is 0 Å². The maximum Gasteiger partial charge on any atom is 0.331 e. The molecule has 1 atom stereocenters. The Bertz CT molecular complexity index is 688. The number of aromatic nitrogens is 2. The first-order valence-electron chi connectivity index (χ1n) is 6.63. The first-order chi connectivity index (χ1) is 10.1. The fourth-order valence-electron chi connectivity index (χ4n) is 2.48. The summed E-state index contributed by atoms with van der Waals surface area (Å²) < 4.78 is 6.80. The van der Waals surface area contributed by atoms with Crippen LogP contribution in [0.2, 0.25) is 0 Å². The van der Waals surface area contributed by atoms with Crippen LogP contribution in [0.4, 0.5) is 0 Å². The first kappa shape index (κ1) is 13.6. The smallest absolute Gasteiger partial charge is 0.331 e. The van der Waals surface area contributed by atoms with E-state index in [1.807, 2.05) is 24.3 Å². The average Bonchev–Trinajstić information content (AvgIpc) is 3.08. The Hall–Kier alpha value is -2.41. The Balaban J connectivity index is 1.76. The van der Waals surface area contributed by atoms with E-state index in [2.05, 4.69) is 10.3 Å². The topological polar surface area (TPSA) is 93.5 Å². The van der Waals surface area contributed by atoms with Crippen LogP contribution in [0.1, 0.15) is 6.42 Å². The van der Waals surface area contributed by atoms with Gasteiger partial charge >= 0.3 is 5.97 Å². The summed E-state index contributed by atoms with van der Waals surface area (Å²) in [4.78, 5) is 27.7. The molecule has 1 aliphatic rings. The molecule has 7 nitrogen and oxygen atoms in total. The number of hydrogen-bond acceptors (Lipinski definition) is 4. The minimum Gasteiger partial charge on any atom is -0.479 e. The van der Waals surface area contributed by atoms with Crippen molar-refractivity contribution >= 4 is 22.9 Å². The number of benzene rings is 1. The molecule has 1 aromatic carbocycles. The van der Waals surface area contributed by atoms with Crippen molar-refractivity contribution in [1.82, 2.24) is 14.9 Å². The molecule has 0 radical (unpaired) electrons. The summed E-state index contributed by atoms with van der Waals surface area (Å²) in [6.45, 7) is 0.356. The van der Waals surface area contributed by atoms with Crippen LogP contribution in [0.5, 0.6) is 0 Å². The Labute approximate surface area is 120 Å². The Morgan fingerprint density at radius 2 is 2.24 bits per heavy atom. The highest BCUT2D eigenvalue weighted by Crippen LogP contribution is 2.19. The molecule has 1 fully saturated rings. The molecule has 3 rings (SSSR count). The summed E-state index contributed by atoms with van der Waals surface area (Å²) in [6.07, 6.45) is 1.85. The highest BCUT2D eigenvalue weighted by molar-refractivity contribution is 5.88. The third kappa shape index (κ3) is 2.47. The maximum atomic E-state index is 12.1. The Morgan fingerprint density at radius 1 is 1.43 bits per heavy atom. The molecular weight excluding hydrogens is 274 g/mol. The summed E-state index contributed by atoms with van der Waals surface area (Å²) >= 11 is 0. The standard InChI is InChI=1S/C14H15N3O4/c18-12(16-14(13(19)20)5-6-21-8-14)7-17-9-15-10-3-1-2-4-11(10)17/h1-4,9H,5-8H2,(H,16,18)(H,19,20). The minimum atomic E-state index is -1.31. The lowest BCUT2D eigenvalue weighted by Crippen LogP contribution is -2.55. The van der Waals surface area contributed by atoms with Gasteiger partial charge in [-0.05, 0) is 12.1 Å². The van der Waals surface area contributed by atoms with Gasteiger partial charge in [-0.3, -0.25) is 4.79 Å². The second-order valence-electron chi connectivity index (χ2n) is 5.10. The number of nitrogens with one attached hydrogen (secondary N) is 1. The number of para-hydroxylation sites is 2. The fraction of sp³-hybridized carbons (Fsp3) is 0.357. The lowest BCUT2D eigenvalue weighted by molar-refractivity contribution is -0.147. The number of imidazole rings is 1. The van der Waals surface area contributed by atoms with Gasteiger partial charge in [-0.25, -0.2) is 9.78 Å². The molecule has 2 N–H and O–H groups in total. The molecule has 1 saturated heterocycles. The highest BCUT2D eigenvalue weighted by Gasteiger charge is 2.43. The predicted octanol–water partition coefficient (Wildman–Crippen LogP) is 0.396. The third-order valence-electron chi connectivity index (χ3n) is 3.65.